The number of hydrogen-bond acceptors (Lipinski definition) is 5. The molecule has 0 saturated carbocycles. The molecule has 0 radical (unpaired) electrons. The maximum absolute atomic E-state index is 11.6. The van der Waals surface area contributed by atoms with Crippen molar-refractivity contribution in [2.45, 2.75) is 102 Å². The van der Waals surface area contributed by atoms with Crippen LogP contribution >= 0.6 is 0 Å². The third kappa shape index (κ3) is 7.17. The maximum atomic E-state index is 11.6. The average molecular weight is 408 g/mol. The third-order valence-corrected chi connectivity index (χ3v) is 8.86. The SMILES string of the molecule is CON1C(C)(C)CC(O)([SiH2]C(O[Si](C)(C)C)O[Si](C)(C)C)CC1(C)C. The van der Waals surface area contributed by atoms with Crippen molar-refractivity contribution in [3.63, 3.8) is 0 Å². The third-order valence-electron chi connectivity index (χ3n) is 4.32. The van der Waals surface area contributed by atoms with Crippen molar-refractivity contribution in [3.8, 4) is 0 Å². The lowest BCUT2D eigenvalue weighted by Gasteiger charge is -2.56. The summed E-state index contributed by atoms with van der Waals surface area (Å²) in [6.45, 7) is 21.7. The van der Waals surface area contributed by atoms with Crippen LogP contribution in [0.1, 0.15) is 40.5 Å². The van der Waals surface area contributed by atoms with E-state index in [1.54, 1.807) is 7.11 Å². The molecule has 0 unspecified atom stereocenters. The van der Waals surface area contributed by atoms with Crippen molar-refractivity contribution in [3.05, 3.63) is 0 Å². The predicted octanol–water partition coefficient (Wildman–Crippen LogP) is 3.04. The zero-order valence-electron chi connectivity index (χ0n) is 18.3. The molecule has 1 aliphatic rings. The number of hydrogen-bond donors (Lipinski definition) is 1. The van der Waals surface area contributed by atoms with E-state index in [1.807, 2.05) is 5.06 Å². The van der Waals surface area contributed by atoms with E-state index in [9.17, 15) is 5.11 Å². The van der Waals surface area contributed by atoms with Gasteiger partial charge in [0.15, 0.2) is 16.6 Å². The van der Waals surface area contributed by atoms with Gasteiger partial charge in [-0.25, -0.2) is 0 Å². The van der Waals surface area contributed by atoms with E-state index < -0.39 is 31.4 Å². The summed E-state index contributed by atoms with van der Waals surface area (Å²) in [6.07, 6.45) is 1.37. The second-order valence-corrected chi connectivity index (χ2v) is 22.1. The van der Waals surface area contributed by atoms with E-state index in [1.165, 1.54) is 0 Å². The van der Waals surface area contributed by atoms with Crippen molar-refractivity contribution in [1.82, 2.24) is 5.06 Å². The van der Waals surface area contributed by atoms with Crippen LogP contribution < -0.4 is 0 Å². The van der Waals surface area contributed by atoms with Gasteiger partial charge in [-0.3, -0.25) is 0 Å². The van der Waals surface area contributed by atoms with Gasteiger partial charge in [0.25, 0.3) is 0 Å². The van der Waals surface area contributed by atoms with E-state index in [0.717, 1.165) is 0 Å². The highest BCUT2D eigenvalue weighted by Gasteiger charge is 2.53. The smallest absolute Gasteiger partial charge is 0.186 e. The molecular formula is C17H41NO4Si3. The fourth-order valence-electron chi connectivity index (χ4n) is 4.48. The van der Waals surface area contributed by atoms with E-state index in [2.05, 4.69) is 67.0 Å². The molecule has 25 heavy (non-hydrogen) atoms. The highest BCUT2D eigenvalue weighted by Crippen LogP contribution is 2.43. The lowest BCUT2D eigenvalue weighted by molar-refractivity contribution is -0.282. The Morgan fingerprint density at radius 3 is 1.52 bits per heavy atom. The van der Waals surface area contributed by atoms with Gasteiger partial charge in [0.2, 0.25) is 0 Å². The summed E-state index contributed by atoms with van der Waals surface area (Å²) in [5.74, 6) is -0.205. The molecule has 0 aliphatic carbocycles. The summed E-state index contributed by atoms with van der Waals surface area (Å²) in [5, 5.41) is 12.9. The van der Waals surface area contributed by atoms with Gasteiger partial charge >= 0.3 is 0 Å². The summed E-state index contributed by atoms with van der Waals surface area (Å²) in [7, 11) is -2.81. The first-order valence-corrected chi connectivity index (χ1v) is 17.7. The van der Waals surface area contributed by atoms with Crippen LogP contribution in [0.25, 0.3) is 0 Å². The molecule has 0 atom stereocenters. The highest BCUT2D eigenvalue weighted by molar-refractivity contribution is 6.71. The van der Waals surface area contributed by atoms with Gasteiger partial charge in [0, 0.05) is 11.1 Å². The molecule has 1 heterocycles. The molecular weight excluding hydrogens is 366 g/mol. The lowest BCUT2D eigenvalue weighted by atomic mass is 9.79. The van der Waals surface area contributed by atoms with E-state index >= 15 is 0 Å². The fourth-order valence-corrected chi connectivity index (χ4v) is 12.1. The minimum Gasteiger partial charge on any atom is -0.397 e. The molecule has 8 heteroatoms. The summed E-state index contributed by atoms with van der Waals surface area (Å²) in [5.41, 5.74) is -0.470. The molecule has 1 aliphatic heterocycles. The van der Waals surface area contributed by atoms with Crippen molar-refractivity contribution in [1.29, 1.82) is 0 Å². The van der Waals surface area contributed by atoms with Gasteiger partial charge in [-0.15, -0.1) is 0 Å². The molecule has 0 amide bonds. The summed E-state index contributed by atoms with van der Waals surface area (Å²) >= 11 is 0. The van der Waals surface area contributed by atoms with Crippen LogP contribution in [0.4, 0.5) is 0 Å². The molecule has 0 aromatic carbocycles. The van der Waals surface area contributed by atoms with Crippen LogP contribution in [-0.4, -0.2) is 65.6 Å². The van der Waals surface area contributed by atoms with E-state index in [4.69, 9.17) is 13.7 Å². The number of nitrogens with zero attached hydrogens (tertiary/aromatic N) is 1. The van der Waals surface area contributed by atoms with Crippen LogP contribution in [0, 0.1) is 0 Å². The van der Waals surface area contributed by atoms with E-state index in [-0.39, 0.29) is 17.0 Å². The number of rotatable bonds is 7. The largest absolute Gasteiger partial charge is 0.397 e. The van der Waals surface area contributed by atoms with Crippen LogP contribution in [-0.2, 0) is 13.7 Å². The molecule has 1 rings (SSSR count). The highest BCUT2D eigenvalue weighted by atomic mass is 28.4. The second kappa shape index (κ2) is 7.46. The first-order valence-electron chi connectivity index (χ1n) is 9.32. The monoisotopic (exact) mass is 407 g/mol. The van der Waals surface area contributed by atoms with Crippen LogP contribution in [0.15, 0.2) is 0 Å². The molecule has 0 aromatic heterocycles. The zero-order valence-corrected chi connectivity index (χ0v) is 21.7. The molecule has 0 aromatic rings. The predicted molar refractivity (Wildman–Crippen MR) is 112 cm³/mol. The van der Waals surface area contributed by atoms with Crippen LogP contribution in [0.2, 0.25) is 39.3 Å². The van der Waals surface area contributed by atoms with Crippen LogP contribution in [0.5, 0.6) is 0 Å². The molecule has 1 fully saturated rings. The minimum absolute atomic E-state index is 0.205. The fraction of sp³-hybridized carbons (Fsp3) is 1.00. The Hall–Kier alpha value is 0.451. The maximum Gasteiger partial charge on any atom is 0.186 e. The van der Waals surface area contributed by atoms with Gasteiger partial charge in [-0.2, -0.15) is 5.06 Å². The molecule has 1 N–H and O–H groups in total. The molecule has 5 nitrogen and oxygen atoms in total. The van der Waals surface area contributed by atoms with Gasteiger partial charge in [-0.1, -0.05) is 0 Å². The van der Waals surface area contributed by atoms with Crippen molar-refractivity contribution in [2.24, 2.45) is 0 Å². The molecule has 150 valence electrons. The lowest BCUT2D eigenvalue weighted by Crippen LogP contribution is -2.67. The van der Waals surface area contributed by atoms with Crippen molar-refractivity contribution < 1.29 is 18.8 Å². The standard InChI is InChI=1S/C17H41NO4Si3/c1-15(2)12-17(19,13-16(3,4)18(15)20-5)23-14(21-24(6,7)8)22-25(9,10)11/h14,19H,12-13,23H2,1-11H3. The van der Waals surface area contributed by atoms with Crippen molar-refractivity contribution in [2.75, 3.05) is 7.11 Å². The number of hydroxylamine groups is 2. The first kappa shape index (κ1) is 23.5. The van der Waals surface area contributed by atoms with Crippen molar-refractivity contribution >= 4 is 26.2 Å². The number of piperidine rings is 1. The number of aliphatic hydroxyl groups is 1. The minimum atomic E-state index is -1.74. The Balaban J connectivity index is 3.06. The topological polar surface area (TPSA) is 51.2 Å². The summed E-state index contributed by atoms with van der Waals surface area (Å²) in [6, 6.07) is 0. The Kier molecular flexibility index (Phi) is 7.01. The Labute approximate surface area is 159 Å². The van der Waals surface area contributed by atoms with Crippen LogP contribution in [0.3, 0.4) is 0 Å². The van der Waals surface area contributed by atoms with Gasteiger partial charge < -0.3 is 18.8 Å². The Bertz CT molecular complexity index is 424. The van der Waals surface area contributed by atoms with Gasteiger partial charge in [0.1, 0.15) is 15.4 Å². The molecule has 0 bridgehead atoms. The van der Waals surface area contributed by atoms with E-state index in [0.29, 0.717) is 12.8 Å². The summed E-state index contributed by atoms with van der Waals surface area (Å²) < 4.78 is 12.8. The quantitative estimate of drug-likeness (QED) is 0.519. The molecule has 0 spiro atoms. The van der Waals surface area contributed by atoms with Gasteiger partial charge in [-0.05, 0) is 79.8 Å². The first-order chi connectivity index (χ1) is 10.9. The Morgan fingerprint density at radius 1 is 0.880 bits per heavy atom. The average Bonchev–Trinajstić information content (AvgIpc) is 2.17. The summed E-state index contributed by atoms with van der Waals surface area (Å²) in [4.78, 5) is 5.67. The zero-order chi connectivity index (χ0) is 19.9. The second-order valence-electron chi connectivity index (χ2n) is 10.8. The Morgan fingerprint density at radius 2 is 1.24 bits per heavy atom. The van der Waals surface area contributed by atoms with Gasteiger partial charge in [0.05, 0.1) is 12.3 Å². The normalized spacial score (nSPS) is 24.4. The molecule has 1 saturated heterocycles.